The third-order valence-corrected chi connectivity index (χ3v) is 2.50. The van der Waals surface area contributed by atoms with Crippen LogP contribution >= 0.6 is 0 Å². The zero-order chi connectivity index (χ0) is 9.84. The summed E-state index contributed by atoms with van der Waals surface area (Å²) in [5.74, 6) is 1.32. The summed E-state index contributed by atoms with van der Waals surface area (Å²) in [6, 6.07) is -0.529. The number of hydrogen-bond donors (Lipinski definition) is 2. The second-order valence-corrected chi connectivity index (χ2v) is 3.78. The van der Waals surface area contributed by atoms with E-state index in [2.05, 4.69) is 12.2 Å². The SMILES string of the molecule is COCC(N)C(=O)NCC1CC1C. The molecule has 3 atom stereocenters. The zero-order valence-electron chi connectivity index (χ0n) is 8.25. The molecular weight excluding hydrogens is 168 g/mol. The van der Waals surface area contributed by atoms with E-state index in [0.717, 1.165) is 12.5 Å². The maximum Gasteiger partial charge on any atom is 0.239 e. The Morgan fingerprint density at radius 2 is 2.38 bits per heavy atom. The number of nitrogens with two attached hydrogens (primary N) is 1. The summed E-state index contributed by atoms with van der Waals surface area (Å²) in [7, 11) is 1.54. The average Bonchev–Trinajstić information content (AvgIpc) is 2.78. The van der Waals surface area contributed by atoms with Crippen LogP contribution in [0.2, 0.25) is 0 Å². The van der Waals surface area contributed by atoms with Gasteiger partial charge in [0, 0.05) is 13.7 Å². The average molecular weight is 186 g/mol. The van der Waals surface area contributed by atoms with E-state index >= 15 is 0 Å². The van der Waals surface area contributed by atoms with Crippen LogP contribution in [-0.2, 0) is 9.53 Å². The predicted octanol–water partition coefficient (Wildman–Crippen LogP) is -0.268. The van der Waals surface area contributed by atoms with Crippen LogP contribution in [0.25, 0.3) is 0 Å². The minimum absolute atomic E-state index is 0.110. The first kappa shape index (κ1) is 10.5. The van der Waals surface area contributed by atoms with E-state index in [-0.39, 0.29) is 12.5 Å². The molecule has 3 unspecified atom stereocenters. The normalized spacial score (nSPS) is 28.2. The molecule has 1 fully saturated rings. The molecule has 0 aromatic carbocycles. The van der Waals surface area contributed by atoms with Crippen molar-refractivity contribution in [2.24, 2.45) is 17.6 Å². The van der Waals surface area contributed by atoms with Crippen molar-refractivity contribution in [2.75, 3.05) is 20.3 Å². The summed E-state index contributed by atoms with van der Waals surface area (Å²) in [5.41, 5.74) is 5.53. The van der Waals surface area contributed by atoms with Gasteiger partial charge in [0.2, 0.25) is 5.91 Å². The van der Waals surface area contributed by atoms with E-state index in [1.54, 1.807) is 0 Å². The van der Waals surface area contributed by atoms with Gasteiger partial charge in [-0.15, -0.1) is 0 Å². The third kappa shape index (κ3) is 3.32. The molecule has 0 radical (unpaired) electrons. The summed E-state index contributed by atoms with van der Waals surface area (Å²) in [6.07, 6.45) is 1.22. The van der Waals surface area contributed by atoms with Crippen molar-refractivity contribution in [2.45, 2.75) is 19.4 Å². The Kier molecular flexibility index (Phi) is 3.69. The molecule has 0 heterocycles. The largest absolute Gasteiger partial charge is 0.383 e. The van der Waals surface area contributed by atoms with Crippen LogP contribution in [-0.4, -0.2) is 32.2 Å². The molecule has 0 spiro atoms. The Labute approximate surface area is 78.8 Å². The number of amides is 1. The molecule has 1 amide bonds. The van der Waals surface area contributed by atoms with Crippen molar-refractivity contribution >= 4 is 5.91 Å². The minimum Gasteiger partial charge on any atom is -0.383 e. The van der Waals surface area contributed by atoms with Gasteiger partial charge in [0.1, 0.15) is 6.04 Å². The quantitative estimate of drug-likeness (QED) is 0.621. The van der Waals surface area contributed by atoms with Gasteiger partial charge in [-0.1, -0.05) is 6.92 Å². The predicted molar refractivity (Wildman–Crippen MR) is 50.1 cm³/mol. The van der Waals surface area contributed by atoms with E-state index in [4.69, 9.17) is 10.5 Å². The zero-order valence-corrected chi connectivity index (χ0v) is 8.25. The molecule has 13 heavy (non-hydrogen) atoms. The lowest BCUT2D eigenvalue weighted by Crippen LogP contribution is -2.44. The molecule has 0 aliphatic heterocycles. The van der Waals surface area contributed by atoms with Crippen LogP contribution in [0.3, 0.4) is 0 Å². The topological polar surface area (TPSA) is 64.3 Å². The Balaban J connectivity index is 2.09. The fourth-order valence-corrected chi connectivity index (χ4v) is 1.30. The second kappa shape index (κ2) is 4.58. The number of methoxy groups -OCH3 is 1. The lowest BCUT2D eigenvalue weighted by atomic mass is 10.3. The van der Waals surface area contributed by atoms with Crippen molar-refractivity contribution in [3.63, 3.8) is 0 Å². The molecular formula is C9H18N2O2. The van der Waals surface area contributed by atoms with Crippen molar-refractivity contribution in [3.8, 4) is 0 Å². The number of rotatable bonds is 5. The molecule has 4 nitrogen and oxygen atoms in total. The summed E-state index contributed by atoms with van der Waals surface area (Å²) in [4.78, 5) is 11.3. The lowest BCUT2D eigenvalue weighted by molar-refractivity contribution is -0.123. The van der Waals surface area contributed by atoms with Gasteiger partial charge in [0.05, 0.1) is 6.61 Å². The van der Waals surface area contributed by atoms with Gasteiger partial charge in [-0.05, 0) is 18.3 Å². The van der Waals surface area contributed by atoms with Crippen LogP contribution in [0.1, 0.15) is 13.3 Å². The lowest BCUT2D eigenvalue weighted by Gasteiger charge is -2.10. The van der Waals surface area contributed by atoms with Gasteiger partial charge in [0.15, 0.2) is 0 Å². The molecule has 76 valence electrons. The smallest absolute Gasteiger partial charge is 0.239 e. The summed E-state index contributed by atoms with van der Waals surface area (Å²) >= 11 is 0. The number of hydrogen-bond acceptors (Lipinski definition) is 3. The van der Waals surface area contributed by atoms with Crippen molar-refractivity contribution < 1.29 is 9.53 Å². The third-order valence-electron chi connectivity index (χ3n) is 2.50. The molecule has 1 aliphatic rings. The summed E-state index contributed by atoms with van der Waals surface area (Å²) < 4.78 is 4.78. The Bertz CT molecular complexity index is 184. The Hall–Kier alpha value is -0.610. The Morgan fingerprint density at radius 1 is 1.77 bits per heavy atom. The van der Waals surface area contributed by atoms with Crippen molar-refractivity contribution in [1.82, 2.24) is 5.32 Å². The molecule has 1 aliphatic carbocycles. The van der Waals surface area contributed by atoms with Gasteiger partial charge in [-0.3, -0.25) is 4.79 Å². The summed E-state index contributed by atoms with van der Waals surface area (Å²) in [5, 5.41) is 2.82. The van der Waals surface area contributed by atoms with Crippen molar-refractivity contribution in [3.05, 3.63) is 0 Å². The van der Waals surface area contributed by atoms with E-state index in [9.17, 15) is 4.79 Å². The minimum atomic E-state index is -0.529. The van der Waals surface area contributed by atoms with E-state index < -0.39 is 6.04 Å². The molecule has 1 saturated carbocycles. The van der Waals surface area contributed by atoms with Gasteiger partial charge in [-0.2, -0.15) is 0 Å². The fraction of sp³-hybridized carbons (Fsp3) is 0.889. The number of carbonyl (C=O) groups is 1. The molecule has 0 saturated heterocycles. The van der Waals surface area contributed by atoms with E-state index in [0.29, 0.717) is 5.92 Å². The monoisotopic (exact) mass is 186 g/mol. The highest BCUT2D eigenvalue weighted by Crippen LogP contribution is 2.36. The van der Waals surface area contributed by atoms with Gasteiger partial charge in [-0.25, -0.2) is 0 Å². The van der Waals surface area contributed by atoms with Crippen LogP contribution in [0.5, 0.6) is 0 Å². The van der Waals surface area contributed by atoms with Crippen LogP contribution < -0.4 is 11.1 Å². The standard InChI is InChI=1S/C9H18N2O2/c1-6-3-7(6)4-11-9(12)8(10)5-13-2/h6-8H,3-5,10H2,1-2H3,(H,11,12). The first-order chi connectivity index (χ1) is 6.15. The van der Waals surface area contributed by atoms with Crippen molar-refractivity contribution in [1.29, 1.82) is 0 Å². The van der Waals surface area contributed by atoms with Gasteiger partial charge >= 0.3 is 0 Å². The maximum absolute atomic E-state index is 11.3. The highest BCUT2D eigenvalue weighted by atomic mass is 16.5. The summed E-state index contributed by atoms with van der Waals surface area (Å²) in [6.45, 7) is 3.23. The molecule has 0 aromatic heterocycles. The molecule has 0 aromatic rings. The molecule has 3 N–H and O–H groups in total. The molecule has 4 heteroatoms. The second-order valence-electron chi connectivity index (χ2n) is 3.78. The maximum atomic E-state index is 11.3. The Morgan fingerprint density at radius 3 is 2.85 bits per heavy atom. The van der Waals surface area contributed by atoms with E-state index in [1.165, 1.54) is 13.5 Å². The van der Waals surface area contributed by atoms with Crippen LogP contribution in [0.15, 0.2) is 0 Å². The van der Waals surface area contributed by atoms with Gasteiger partial charge in [0.25, 0.3) is 0 Å². The number of nitrogens with one attached hydrogen (secondary N) is 1. The van der Waals surface area contributed by atoms with Crippen LogP contribution in [0.4, 0.5) is 0 Å². The van der Waals surface area contributed by atoms with E-state index in [1.807, 2.05) is 0 Å². The molecule has 0 bridgehead atoms. The highest BCUT2D eigenvalue weighted by Gasteiger charge is 2.32. The number of carbonyl (C=O) groups excluding carboxylic acids is 1. The number of ether oxygens (including phenoxy) is 1. The van der Waals surface area contributed by atoms with Gasteiger partial charge < -0.3 is 15.8 Å². The first-order valence-electron chi connectivity index (χ1n) is 4.67. The first-order valence-corrected chi connectivity index (χ1v) is 4.67. The fourth-order valence-electron chi connectivity index (χ4n) is 1.30. The molecule has 1 rings (SSSR count). The van der Waals surface area contributed by atoms with Crippen LogP contribution in [0, 0.1) is 11.8 Å². The highest BCUT2D eigenvalue weighted by molar-refractivity contribution is 5.81.